The van der Waals surface area contributed by atoms with Crippen LogP contribution in [0.1, 0.15) is 162 Å². The van der Waals surface area contributed by atoms with Crippen molar-refractivity contribution >= 4 is 16.3 Å². The molecule has 0 radical (unpaired) electrons. The van der Waals surface area contributed by atoms with E-state index in [9.17, 15) is 38.7 Å². The van der Waals surface area contributed by atoms with Gasteiger partial charge in [0.2, 0.25) is 5.91 Å². The van der Waals surface area contributed by atoms with Crippen LogP contribution < -0.4 is 5.32 Å². The normalized spacial score (nSPS) is 22.3. The number of allylic oxidation sites excluding steroid dienone is 5. The second-order valence-corrected chi connectivity index (χ2v) is 16.1. The van der Waals surface area contributed by atoms with Crippen molar-refractivity contribution < 1.29 is 57.0 Å². The van der Waals surface area contributed by atoms with Crippen LogP contribution in [0.15, 0.2) is 36.5 Å². The fourth-order valence-electron chi connectivity index (χ4n) is 6.53. The van der Waals surface area contributed by atoms with E-state index >= 15 is 0 Å². The van der Waals surface area contributed by atoms with Crippen LogP contribution >= 0.6 is 0 Å². The van der Waals surface area contributed by atoms with Gasteiger partial charge in [0.15, 0.2) is 6.29 Å². The van der Waals surface area contributed by atoms with Crippen LogP contribution in [0, 0.1) is 0 Å². The van der Waals surface area contributed by atoms with Crippen molar-refractivity contribution in [3.05, 3.63) is 36.5 Å². The largest absolute Gasteiger partial charge is 0.397 e. The number of rotatable bonds is 35. The molecule has 328 valence electrons. The lowest BCUT2D eigenvalue weighted by Gasteiger charge is -2.41. The Labute approximate surface area is 337 Å². The van der Waals surface area contributed by atoms with Gasteiger partial charge in [-0.25, -0.2) is 4.18 Å². The van der Waals surface area contributed by atoms with E-state index < -0.39 is 78.5 Å². The van der Waals surface area contributed by atoms with Crippen molar-refractivity contribution in [2.24, 2.45) is 0 Å². The van der Waals surface area contributed by atoms with Gasteiger partial charge in [-0.05, 0) is 57.8 Å². The number of hydrogen-bond donors (Lipinski definition) is 7. The maximum atomic E-state index is 13.0. The highest BCUT2D eigenvalue weighted by atomic mass is 32.3. The zero-order valence-electron chi connectivity index (χ0n) is 34.3. The number of aliphatic hydroxyl groups excluding tert-OH is 5. The number of hydrogen-bond acceptors (Lipinski definition) is 11. The molecule has 1 fully saturated rings. The summed E-state index contributed by atoms with van der Waals surface area (Å²) in [6.07, 6.45) is 25.3. The molecule has 0 aromatic rings. The fourth-order valence-corrected chi connectivity index (χ4v) is 7.04. The second kappa shape index (κ2) is 33.1. The number of ether oxygens (including phenoxy) is 2. The van der Waals surface area contributed by atoms with E-state index in [1.807, 2.05) is 0 Å². The summed E-state index contributed by atoms with van der Waals surface area (Å²) in [7, 11) is -5.12. The average Bonchev–Trinajstić information content (AvgIpc) is 3.16. The molecule has 0 aliphatic carbocycles. The molecule has 0 aromatic heterocycles. The first kappa shape index (κ1) is 52.3. The summed E-state index contributed by atoms with van der Waals surface area (Å²) < 4.78 is 47.3. The number of nitrogens with one attached hydrogen (secondary N) is 1. The Balaban J connectivity index is 2.70. The summed E-state index contributed by atoms with van der Waals surface area (Å²) in [5.41, 5.74) is 0. The van der Waals surface area contributed by atoms with Crippen molar-refractivity contribution in [1.82, 2.24) is 5.32 Å². The third kappa shape index (κ3) is 25.6. The monoisotopic (exact) mass is 820 g/mol. The van der Waals surface area contributed by atoms with Gasteiger partial charge in [0.1, 0.15) is 30.5 Å². The smallest absolute Gasteiger partial charge is 0.394 e. The zero-order chi connectivity index (χ0) is 41.4. The van der Waals surface area contributed by atoms with E-state index in [2.05, 4.69) is 47.7 Å². The molecule has 1 amide bonds. The van der Waals surface area contributed by atoms with Gasteiger partial charge in [0.05, 0.1) is 25.4 Å². The van der Waals surface area contributed by atoms with Crippen LogP contribution in [0.3, 0.4) is 0 Å². The predicted octanol–water partition coefficient (Wildman–Crippen LogP) is 6.52. The minimum absolute atomic E-state index is 0.206. The summed E-state index contributed by atoms with van der Waals surface area (Å²) in [6, 6.07) is -1.14. The number of carbonyl (C=O) groups excluding carboxylic acids is 1. The molecule has 1 heterocycles. The summed E-state index contributed by atoms with van der Waals surface area (Å²) in [4.78, 5) is 13.0. The van der Waals surface area contributed by atoms with Crippen molar-refractivity contribution in [2.75, 3.05) is 13.2 Å². The summed E-state index contributed by atoms with van der Waals surface area (Å²) in [5, 5.41) is 55.0. The van der Waals surface area contributed by atoms with Crippen molar-refractivity contribution in [1.29, 1.82) is 0 Å². The zero-order valence-corrected chi connectivity index (χ0v) is 35.1. The van der Waals surface area contributed by atoms with Crippen LogP contribution in [0.5, 0.6) is 0 Å². The summed E-state index contributed by atoms with van der Waals surface area (Å²) in [5.74, 6) is -0.731. The SMILES string of the molecule is CCCCCCCC/C=C\CCCCC(O)C(=O)NC(COC1OC(CO)C(O)C(OS(=O)(=O)O)C1O)C(O)/C=C/CC/C=C/CCCCCCCCCCC. The molecular formula is C42H77NO12S. The van der Waals surface area contributed by atoms with Crippen molar-refractivity contribution in [2.45, 2.75) is 210 Å². The number of carbonyl (C=O) groups is 1. The van der Waals surface area contributed by atoms with Crippen molar-refractivity contribution in [3.63, 3.8) is 0 Å². The Morgan fingerprint density at radius 3 is 1.71 bits per heavy atom. The fraction of sp³-hybridized carbons (Fsp3) is 0.833. The van der Waals surface area contributed by atoms with Crippen LogP contribution in [0.4, 0.5) is 0 Å². The van der Waals surface area contributed by atoms with Gasteiger partial charge in [-0.1, -0.05) is 140 Å². The van der Waals surface area contributed by atoms with Crippen LogP contribution in [0.2, 0.25) is 0 Å². The van der Waals surface area contributed by atoms with E-state index in [0.717, 1.165) is 38.5 Å². The highest BCUT2D eigenvalue weighted by Gasteiger charge is 2.48. The number of aliphatic hydroxyl groups is 5. The van der Waals surface area contributed by atoms with Crippen LogP contribution in [0.25, 0.3) is 0 Å². The average molecular weight is 820 g/mol. The summed E-state index contributed by atoms with van der Waals surface area (Å²) in [6.45, 7) is 3.15. The van der Waals surface area contributed by atoms with E-state index in [0.29, 0.717) is 12.8 Å². The molecule has 0 saturated carbocycles. The maximum absolute atomic E-state index is 13.0. The molecule has 8 atom stereocenters. The standard InChI is InChI=1S/C42H77NO12S/c1-3-5-7-9-11-13-15-17-18-19-21-22-24-26-28-30-35(45)34(33-53-42-39(48)40(55-56(50,51)52)38(47)37(32-44)54-42)43-41(49)36(46)31-29-27-25-23-20-16-14-12-10-8-6-4-2/h20-23,28,30,34-40,42,44-48H,3-19,24-27,29,31-33H2,1-2H3,(H,43,49)(H,50,51,52)/b22-21+,23-20-,30-28+. The number of amides is 1. The van der Waals surface area contributed by atoms with E-state index in [4.69, 9.17) is 14.0 Å². The first-order chi connectivity index (χ1) is 26.9. The Bertz CT molecular complexity index is 1170. The Morgan fingerprint density at radius 1 is 0.714 bits per heavy atom. The molecule has 0 bridgehead atoms. The Hall–Kier alpha value is -1.72. The highest BCUT2D eigenvalue weighted by Crippen LogP contribution is 2.26. The minimum atomic E-state index is -5.12. The molecule has 14 heteroatoms. The van der Waals surface area contributed by atoms with Gasteiger partial charge < -0.3 is 40.3 Å². The van der Waals surface area contributed by atoms with Gasteiger partial charge >= 0.3 is 10.4 Å². The molecule has 0 spiro atoms. The lowest BCUT2D eigenvalue weighted by atomic mass is 9.99. The first-order valence-corrected chi connectivity index (χ1v) is 22.8. The second-order valence-electron chi connectivity index (χ2n) is 15.1. The maximum Gasteiger partial charge on any atom is 0.397 e. The molecule has 1 aliphatic heterocycles. The lowest BCUT2D eigenvalue weighted by molar-refractivity contribution is -0.298. The topological polar surface area (TPSA) is 212 Å². The quantitative estimate of drug-likeness (QED) is 0.0207. The van der Waals surface area contributed by atoms with Gasteiger partial charge in [-0.2, -0.15) is 8.42 Å². The van der Waals surface area contributed by atoms with Gasteiger partial charge in [-0.15, -0.1) is 0 Å². The molecule has 7 N–H and O–H groups in total. The van der Waals surface area contributed by atoms with E-state index in [-0.39, 0.29) is 6.42 Å². The predicted molar refractivity (Wildman–Crippen MR) is 219 cm³/mol. The van der Waals surface area contributed by atoms with E-state index in [1.54, 1.807) is 6.08 Å². The van der Waals surface area contributed by atoms with E-state index in [1.165, 1.54) is 96.0 Å². The Morgan fingerprint density at radius 2 is 1.20 bits per heavy atom. The summed E-state index contributed by atoms with van der Waals surface area (Å²) >= 11 is 0. The number of unbranched alkanes of at least 4 members (excludes halogenated alkanes) is 18. The van der Waals surface area contributed by atoms with Gasteiger partial charge in [-0.3, -0.25) is 9.35 Å². The van der Waals surface area contributed by atoms with Crippen molar-refractivity contribution in [3.8, 4) is 0 Å². The molecular weight excluding hydrogens is 743 g/mol. The highest BCUT2D eigenvalue weighted by molar-refractivity contribution is 7.80. The van der Waals surface area contributed by atoms with Crippen LogP contribution in [-0.4, -0.2) is 107 Å². The first-order valence-electron chi connectivity index (χ1n) is 21.5. The third-order valence-corrected chi connectivity index (χ3v) is 10.5. The van der Waals surface area contributed by atoms with Gasteiger partial charge in [0.25, 0.3) is 0 Å². The molecule has 56 heavy (non-hydrogen) atoms. The molecule has 0 aromatic carbocycles. The van der Waals surface area contributed by atoms with Gasteiger partial charge in [0, 0.05) is 0 Å². The Kier molecular flexibility index (Phi) is 31.0. The molecule has 1 saturated heterocycles. The van der Waals surface area contributed by atoms with Crippen LogP contribution in [-0.2, 0) is 28.9 Å². The molecule has 13 nitrogen and oxygen atoms in total. The molecule has 1 aliphatic rings. The third-order valence-electron chi connectivity index (χ3n) is 10.0. The molecule has 8 unspecified atom stereocenters. The molecule has 1 rings (SSSR count). The minimum Gasteiger partial charge on any atom is -0.394 e. The lowest BCUT2D eigenvalue weighted by Crippen LogP contribution is -2.61.